The fraction of sp³-hybridized carbons (Fsp3) is 0.205. The van der Waals surface area contributed by atoms with Gasteiger partial charge in [0, 0.05) is 17.3 Å². The second-order valence-corrected chi connectivity index (χ2v) is 12.6. The number of fused-ring (bicyclic) bond motifs is 1. The van der Waals surface area contributed by atoms with Crippen LogP contribution in [0.2, 0.25) is 0 Å². The summed E-state index contributed by atoms with van der Waals surface area (Å²) in [6.45, 7) is 10.0. The molecule has 0 N–H and O–H groups in total. The van der Waals surface area contributed by atoms with Crippen LogP contribution < -0.4 is 19.6 Å². The fourth-order valence-electron chi connectivity index (χ4n) is 5.77. The number of para-hydroxylation sites is 1. The Morgan fingerprint density at radius 2 is 1.78 bits per heavy atom. The Hall–Kier alpha value is -5.81. The lowest BCUT2D eigenvalue weighted by atomic mass is 9.95. The highest BCUT2D eigenvalue weighted by Gasteiger charge is 2.33. The van der Waals surface area contributed by atoms with Crippen molar-refractivity contribution >= 4 is 29.4 Å². The standard InChI is InChI=1S/C39H36N4O6S/c1-6-19-48-31-18-17-28(21-24(31)3)34-29(23-42(41-34)30-11-9-8-10-12-30)22-32-36(44)43-35(26-13-15-27(16-14-26)37(45)47-5)33(38(46)49-20-7-2)25(4)40-39(43)50-32/h7-18,21-23,35H,2,6,19-20H2,1,3-5H3/b32-22-/t35-/m0/s1. The van der Waals surface area contributed by atoms with Gasteiger partial charge < -0.3 is 14.2 Å². The lowest BCUT2D eigenvalue weighted by Crippen LogP contribution is -2.40. The number of rotatable bonds is 11. The van der Waals surface area contributed by atoms with E-state index in [-0.39, 0.29) is 17.7 Å². The van der Waals surface area contributed by atoms with Gasteiger partial charge >= 0.3 is 11.9 Å². The molecule has 0 saturated carbocycles. The predicted molar refractivity (Wildman–Crippen MR) is 192 cm³/mol. The van der Waals surface area contributed by atoms with Crippen molar-refractivity contribution in [3.8, 4) is 22.7 Å². The van der Waals surface area contributed by atoms with Crippen molar-refractivity contribution < 1.29 is 23.8 Å². The molecule has 0 spiro atoms. The Morgan fingerprint density at radius 3 is 2.46 bits per heavy atom. The molecule has 2 aromatic heterocycles. The molecule has 0 saturated heterocycles. The quantitative estimate of drug-likeness (QED) is 0.129. The van der Waals surface area contributed by atoms with E-state index in [0.717, 1.165) is 34.5 Å². The molecular weight excluding hydrogens is 653 g/mol. The molecule has 0 radical (unpaired) electrons. The van der Waals surface area contributed by atoms with Crippen LogP contribution >= 0.6 is 11.3 Å². The number of carbonyl (C=O) groups is 2. The third kappa shape index (κ3) is 6.72. The van der Waals surface area contributed by atoms with Crippen molar-refractivity contribution in [3.05, 3.63) is 145 Å². The van der Waals surface area contributed by atoms with Crippen LogP contribution in [0.1, 0.15) is 53.4 Å². The molecule has 10 nitrogen and oxygen atoms in total. The molecule has 6 rings (SSSR count). The Morgan fingerprint density at radius 1 is 1.02 bits per heavy atom. The molecular formula is C39H36N4O6S. The minimum absolute atomic E-state index is 0.00655. The maximum absolute atomic E-state index is 14.4. The van der Waals surface area contributed by atoms with Crippen molar-refractivity contribution in [2.75, 3.05) is 20.3 Å². The number of carbonyl (C=O) groups excluding carboxylic acids is 2. The monoisotopic (exact) mass is 688 g/mol. The number of hydrogen-bond acceptors (Lipinski definition) is 9. The highest BCUT2D eigenvalue weighted by atomic mass is 32.1. The topological polar surface area (TPSA) is 114 Å². The van der Waals surface area contributed by atoms with E-state index in [4.69, 9.17) is 24.3 Å². The molecule has 11 heteroatoms. The van der Waals surface area contributed by atoms with Gasteiger partial charge in [0.25, 0.3) is 5.56 Å². The van der Waals surface area contributed by atoms with Gasteiger partial charge in [0.1, 0.15) is 18.1 Å². The summed E-state index contributed by atoms with van der Waals surface area (Å²) in [7, 11) is 1.31. The lowest BCUT2D eigenvalue weighted by Gasteiger charge is -2.24. The first kappa shape index (κ1) is 34.1. The Balaban J connectivity index is 1.52. The minimum Gasteiger partial charge on any atom is -0.493 e. The third-order valence-electron chi connectivity index (χ3n) is 8.18. The normalized spacial score (nSPS) is 14.2. The third-order valence-corrected chi connectivity index (χ3v) is 9.16. The maximum atomic E-state index is 14.4. The predicted octanol–water partition coefficient (Wildman–Crippen LogP) is 5.70. The van der Waals surface area contributed by atoms with E-state index >= 15 is 0 Å². The average molecular weight is 689 g/mol. The summed E-state index contributed by atoms with van der Waals surface area (Å²) in [6, 6.07) is 21.4. The Labute approximate surface area is 292 Å². The van der Waals surface area contributed by atoms with Crippen LogP contribution in [0.4, 0.5) is 0 Å². The number of benzene rings is 3. The number of allylic oxidation sites excluding steroid dienone is 1. The number of nitrogens with zero attached hydrogens (tertiary/aromatic N) is 4. The van der Waals surface area contributed by atoms with E-state index in [1.165, 1.54) is 29.1 Å². The Bertz CT molecular complexity index is 2300. The van der Waals surface area contributed by atoms with Gasteiger partial charge in [0.15, 0.2) is 4.80 Å². The highest BCUT2D eigenvalue weighted by molar-refractivity contribution is 7.07. The van der Waals surface area contributed by atoms with Crippen LogP contribution in [0.25, 0.3) is 23.0 Å². The molecule has 0 aliphatic carbocycles. The molecule has 50 heavy (non-hydrogen) atoms. The van der Waals surface area contributed by atoms with Gasteiger partial charge in [0.05, 0.1) is 46.8 Å². The largest absolute Gasteiger partial charge is 0.493 e. The van der Waals surface area contributed by atoms with Gasteiger partial charge in [0.2, 0.25) is 0 Å². The number of methoxy groups -OCH3 is 1. The summed E-state index contributed by atoms with van der Waals surface area (Å²) < 4.78 is 19.9. The van der Waals surface area contributed by atoms with E-state index in [0.29, 0.717) is 38.5 Å². The number of aryl methyl sites for hydroxylation is 1. The number of esters is 2. The van der Waals surface area contributed by atoms with Gasteiger partial charge in [-0.05, 0) is 79.9 Å². The van der Waals surface area contributed by atoms with E-state index in [2.05, 4.69) is 13.5 Å². The van der Waals surface area contributed by atoms with Crippen LogP contribution in [-0.4, -0.2) is 46.6 Å². The summed E-state index contributed by atoms with van der Waals surface area (Å²) in [6.07, 6.45) is 6.09. The molecule has 5 aromatic rings. The number of thiazole rings is 1. The highest BCUT2D eigenvalue weighted by Crippen LogP contribution is 2.32. The lowest BCUT2D eigenvalue weighted by molar-refractivity contribution is -0.138. The molecule has 3 heterocycles. The SMILES string of the molecule is C=CCOC(=O)C1=C(C)N=c2s/c(=C\c3cn(-c4ccccc4)nc3-c3ccc(OCCC)c(C)c3)c(=O)n2[C@H]1c1ccc(C(=O)OC)cc1. The average Bonchev–Trinajstić information content (AvgIpc) is 3.69. The summed E-state index contributed by atoms with van der Waals surface area (Å²) in [5, 5.41) is 4.96. The van der Waals surface area contributed by atoms with Crippen LogP contribution in [0.3, 0.4) is 0 Å². The summed E-state index contributed by atoms with van der Waals surface area (Å²) in [4.78, 5) is 45.1. The van der Waals surface area contributed by atoms with Gasteiger partial charge in [-0.2, -0.15) is 5.10 Å². The van der Waals surface area contributed by atoms with E-state index in [1.54, 1.807) is 35.9 Å². The zero-order valence-corrected chi connectivity index (χ0v) is 29.0. The van der Waals surface area contributed by atoms with Gasteiger partial charge in [-0.15, -0.1) is 0 Å². The Kier molecular flexibility index (Phi) is 10.1. The van der Waals surface area contributed by atoms with Crippen molar-refractivity contribution in [1.29, 1.82) is 0 Å². The van der Waals surface area contributed by atoms with Gasteiger partial charge in [-0.3, -0.25) is 9.36 Å². The molecule has 0 unspecified atom stereocenters. The molecule has 0 amide bonds. The maximum Gasteiger partial charge on any atom is 0.338 e. The summed E-state index contributed by atoms with van der Waals surface area (Å²) in [5.41, 5.74) is 5.35. The molecule has 0 fully saturated rings. The molecule has 3 aromatic carbocycles. The number of aromatic nitrogens is 3. The summed E-state index contributed by atoms with van der Waals surface area (Å²) in [5.74, 6) is -0.302. The van der Waals surface area contributed by atoms with E-state index in [9.17, 15) is 14.4 Å². The van der Waals surface area contributed by atoms with E-state index in [1.807, 2.05) is 67.7 Å². The van der Waals surface area contributed by atoms with Crippen LogP contribution in [0.5, 0.6) is 5.75 Å². The minimum atomic E-state index is -0.859. The first-order valence-electron chi connectivity index (χ1n) is 16.1. The van der Waals surface area contributed by atoms with E-state index < -0.39 is 18.0 Å². The van der Waals surface area contributed by atoms with Crippen LogP contribution in [0.15, 0.2) is 113 Å². The van der Waals surface area contributed by atoms with Crippen LogP contribution in [-0.2, 0) is 14.3 Å². The molecule has 1 atom stereocenters. The van der Waals surface area contributed by atoms with Crippen LogP contribution in [0, 0.1) is 6.92 Å². The van der Waals surface area contributed by atoms with Crippen molar-refractivity contribution in [2.24, 2.45) is 4.99 Å². The first-order chi connectivity index (χ1) is 24.2. The zero-order chi connectivity index (χ0) is 35.4. The number of ether oxygens (including phenoxy) is 3. The second kappa shape index (κ2) is 14.8. The van der Waals surface area contributed by atoms with Crippen molar-refractivity contribution in [1.82, 2.24) is 14.3 Å². The molecule has 1 aliphatic heterocycles. The smallest absolute Gasteiger partial charge is 0.338 e. The van der Waals surface area contributed by atoms with Gasteiger partial charge in [-0.25, -0.2) is 19.3 Å². The second-order valence-electron chi connectivity index (χ2n) is 11.6. The first-order valence-corrected chi connectivity index (χ1v) is 16.9. The molecule has 254 valence electrons. The fourth-order valence-corrected chi connectivity index (χ4v) is 6.81. The number of hydrogen-bond donors (Lipinski definition) is 0. The van der Waals surface area contributed by atoms with Crippen molar-refractivity contribution in [2.45, 2.75) is 33.2 Å². The molecule has 0 bridgehead atoms. The summed E-state index contributed by atoms with van der Waals surface area (Å²) >= 11 is 1.22. The molecule has 1 aliphatic rings. The van der Waals surface area contributed by atoms with Crippen molar-refractivity contribution in [3.63, 3.8) is 0 Å². The van der Waals surface area contributed by atoms with Gasteiger partial charge in [-0.1, -0.05) is 61.2 Å². The zero-order valence-electron chi connectivity index (χ0n) is 28.2.